The van der Waals surface area contributed by atoms with E-state index in [1.54, 1.807) is 18.3 Å². The average molecular weight is 286 g/mol. The number of anilines is 3. The Hall–Kier alpha value is -2.67. The normalized spacial score (nSPS) is 10.2. The Morgan fingerprint density at radius 2 is 2.19 bits per heavy atom. The van der Waals surface area contributed by atoms with Gasteiger partial charge < -0.3 is 22.1 Å². The fourth-order valence-electron chi connectivity index (χ4n) is 1.82. The minimum atomic E-state index is -0.601. The molecule has 0 aliphatic heterocycles. The molecule has 21 heavy (non-hydrogen) atoms. The van der Waals surface area contributed by atoms with Crippen LogP contribution in [0.1, 0.15) is 16.2 Å². The lowest BCUT2D eigenvalue weighted by Crippen LogP contribution is -2.17. The van der Waals surface area contributed by atoms with Crippen LogP contribution in [0, 0.1) is 6.92 Å². The average Bonchev–Trinajstić information content (AvgIpc) is 2.45. The highest BCUT2D eigenvalue weighted by Crippen LogP contribution is 2.21. The van der Waals surface area contributed by atoms with Gasteiger partial charge in [0.1, 0.15) is 5.82 Å². The molecule has 0 radical (unpaired) electrons. The van der Waals surface area contributed by atoms with Gasteiger partial charge in [-0.3, -0.25) is 4.79 Å². The molecule has 2 rings (SSSR count). The molecule has 0 aliphatic rings. The molecule has 2 heterocycles. The lowest BCUT2D eigenvalue weighted by Gasteiger charge is -2.12. The van der Waals surface area contributed by atoms with Gasteiger partial charge >= 0.3 is 0 Å². The fraction of sp³-hybridized carbons (Fsp3) is 0.214. The molecule has 0 bridgehead atoms. The summed E-state index contributed by atoms with van der Waals surface area (Å²) in [5, 5.41) is 6.16. The third kappa shape index (κ3) is 3.90. The predicted octanol–water partition coefficient (Wildman–Crippen LogP) is 0.998. The molecular formula is C14H18N6O. The maximum Gasteiger partial charge on any atom is 0.269 e. The Labute approximate surface area is 122 Å². The van der Waals surface area contributed by atoms with Crippen LogP contribution in [0.5, 0.6) is 0 Å². The molecule has 0 saturated heterocycles. The number of nitrogens with one attached hydrogen (secondary N) is 2. The fourth-order valence-corrected chi connectivity index (χ4v) is 1.82. The van der Waals surface area contributed by atoms with Gasteiger partial charge in [0.25, 0.3) is 5.91 Å². The van der Waals surface area contributed by atoms with Gasteiger partial charge in [0.15, 0.2) is 5.69 Å². The third-order valence-corrected chi connectivity index (χ3v) is 2.75. The van der Waals surface area contributed by atoms with Crippen LogP contribution < -0.4 is 22.1 Å². The maximum absolute atomic E-state index is 11.5. The second-order valence-electron chi connectivity index (χ2n) is 4.49. The van der Waals surface area contributed by atoms with E-state index in [1.807, 2.05) is 19.1 Å². The number of nitrogens with two attached hydrogens (primary N) is 2. The standard InChI is InChI=1S/C14H18N6O/c1-9-3-2-4-12(19-9)20-11-7-10(17-6-5-15)8-18-13(11)14(16)21/h2-4,7-8,17H,5-6,15H2,1H3,(H2,16,21)(H,19,20). The summed E-state index contributed by atoms with van der Waals surface area (Å²) in [5.74, 6) is 0.0193. The molecule has 0 fully saturated rings. The topological polar surface area (TPSA) is 119 Å². The molecule has 0 saturated carbocycles. The summed E-state index contributed by atoms with van der Waals surface area (Å²) in [6, 6.07) is 7.32. The highest BCUT2D eigenvalue weighted by atomic mass is 16.1. The first kappa shape index (κ1) is 14.7. The zero-order valence-corrected chi connectivity index (χ0v) is 11.8. The van der Waals surface area contributed by atoms with Crippen molar-refractivity contribution in [3.8, 4) is 0 Å². The van der Waals surface area contributed by atoms with Crippen LogP contribution in [0.15, 0.2) is 30.5 Å². The third-order valence-electron chi connectivity index (χ3n) is 2.75. The van der Waals surface area contributed by atoms with Crippen LogP contribution in [-0.4, -0.2) is 29.0 Å². The monoisotopic (exact) mass is 286 g/mol. The zero-order chi connectivity index (χ0) is 15.2. The van der Waals surface area contributed by atoms with Gasteiger partial charge in [-0.25, -0.2) is 9.97 Å². The van der Waals surface area contributed by atoms with Gasteiger partial charge in [0, 0.05) is 18.8 Å². The number of pyridine rings is 2. The number of aromatic nitrogens is 2. The van der Waals surface area contributed by atoms with E-state index in [0.29, 0.717) is 24.6 Å². The maximum atomic E-state index is 11.5. The molecule has 7 nitrogen and oxygen atoms in total. The predicted molar refractivity (Wildman–Crippen MR) is 82.6 cm³/mol. The quantitative estimate of drug-likeness (QED) is 0.629. The summed E-state index contributed by atoms with van der Waals surface area (Å²) in [6.45, 7) is 3.00. The molecule has 6 N–H and O–H groups in total. The van der Waals surface area contributed by atoms with E-state index >= 15 is 0 Å². The molecule has 0 aromatic carbocycles. The molecule has 110 valence electrons. The highest BCUT2D eigenvalue weighted by molar-refractivity contribution is 5.97. The van der Waals surface area contributed by atoms with Gasteiger partial charge in [0.05, 0.1) is 17.6 Å². The second-order valence-corrected chi connectivity index (χ2v) is 4.49. The minimum absolute atomic E-state index is 0.164. The molecule has 0 spiro atoms. The van der Waals surface area contributed by atoms with Crippen molar-refractivity contribution < 1.29 is 4.79 Å². The van der Waals surface area contributed by atoms with Gasteiger partial charge in [0.2, 0.25) is 0 Å². The molecule has 1 amide bonds. The van der Waals surface area contributed by atoms with E-state index in [2.05, 4.69) is 20.6 Å². The Morgan fingerprint density at radius 3 is 2.86 bits per heavy atom. The van der Waals surface area contributed by atoms with Crippen LogP contribution >= 0.6 is 0 Å². The Morgan fingerprint density at radius 1 is 1.38 bits per heavy atom. The number of carbonyl (C=O) groups excluding carboxylic acids is 1. The van der Waals surface area contributed by atoms with Gasteiger partial charge in [-0.2, -0.15) is 0 Å². The van der Waals surface area contributed by atoms with Crippen LogP contribution in [0.4, 0.5) is 17.2 Å². The molecular weight excluding hydrogens is 268 g/mol. The van der Waals surface area contributed by atoms with E-state index in [4.69, 9.17) is 11.5 Å². The van der Waals surface area contributed by atoms with E-state index in [-0.39, 0.29) is 5.69 Å². The summed E-state index contributed by atoms with van der Waals surface area (Å²) in [7, 11) is 0. The molecule has 0 unspecified atom stereocenters. The van der Waals surface area contributed by atoms with Crippen molar-refractivity contribution >= 4 is 23.1 Å². The number of hydrogen-bond donors (Lipinski definition) is 4. The lowest BCUT2D eigenvalue weighted by molar-refractivity contribution is 0.0996. The Kier molecular flexibility index (Phi) is 4.68. The van der Waals surface area contributed by atoms with Gasteiger partial charge in [-0.05, 0) is 25.1 Å². The summed E-state index contributed by atoms with van der Waals surface area (Å²) in [6.07, 6.45) is 1.55. The van der Waals surface area contributed by atoms with Crippen LogP contribution in [0.25, 0.3) is 0 Å². The summed E-state index contributed by atoms with van der Waals surface area (Å²) < 4.78 is 0. The first-order valence-electron chi connectivity index (χ1n) is 6.54. The largest absolute Gasteiger partial charge is 0.382 e. The Balaban J connectivity index is 2.31. The molecule has 0 atom stereocenters. The second kappa shape index (κ2) is 6.67. The van der Waals surface area contributed by atoms with Crippen molar-refractivity contribution in [2.75, 3.05) is 23.7 Å². The van der Waals surface area contributed by atoms with Crippen molar-refractivity contribution in [2.45, 2.75) is 6.92 Å². The number of nitrogens with zero attached hydrogens (tertiary/aromatic N) is 2. The summed E-state index contributed by atoms with van der Waals surface area (Å²) in [4.78, 5) is 19.9. The Bertz CT molecular complexity index is 643. The van der Waals surface area contributed by atoms with Crippen molar-refractivity contribution in [1.29, 1.82) is 0 Å². The zero-order valence-electron chi connectivity index (χ0n) is 11.8. The summed E-state index contributed by atoms with van der Waals surface area (Å²) >= 11 is 0. The SMILES string of the molecule is Cc1cccc(Nc2cc(NCCN)cnc2C(N)=O)n1. The minimum Gasteiger partial charge on any atom is -0.382 e. The smallest absolute Gasteiger partial charge is 0.269 e. The van der Waals surface area contributed by atoms with Crippen LogP contribution in [0.2, 0.25) is 0 Å². The lowest BCUT2D eigenvalue weighted by atomic mass is 10.2. The van der Waals surface area contributed by atoms with Crippen LogP contribution in [0.3, 0.4) is 0 Å². The van der Waals surface area contributed by atoms with Crippen molar-refractivity contribution in [2.24, 2.45) is 11.5 Å². The number of hydrogen-bond acceptors (Lipinski definition) is 6. The van der Waals surface area contributed by atoms with E-state index < -0.39 is 5.91 Å². The molecule has 2 aromatic heterocycles. The van der Waals surface area contributed by atoms with Gasteiger partial charge in [-0.15, -0.1) is 0 Å². The number of carbonyl (C=O) groups is 1. The molecule has 0 aliphatic carbocycles. The first-order valence-corrected chi connectivity index (χ1v) is 6.54. The summed E-state index contributed by atoms with van der Waals surface area (Å²) in [5.41, 5.74) is 13.1. The van der Waals surface area contributed by atoms with Crippen molar-refractivity contribution in [3.05, 3.63) is 41.9 Å². The van der Waals surface area contributed by atoms with Crippen LogP contribution in [-0.2, 0) is 0 Å². The van der Waals surface area contributed by atoms with Crippen molar-refractivity contribution in [1.82, 2.24) is 9.97 Å². The number of rotatable bonds is 6. The first-order chi connectivity index (χ1) is 10.1. The number of primary amides is 1. The molecule has 2 aromatic rings. The number of aryl methyl sites for hydroxylation is 1. The molecule has 7 heteroatoms. The number of amides is 1. The highest BCUT2D eigenvalue weighted by Gasteiger charge is 2.11. The van der Waals surface area contributed by atoms with E-state index in [9.17, 15) is 4.79 Å². The van der Waals surface area contributed by atoms with Gasteiger partial charge in [-0.1, -0.05) is 6.07 Å². The van der Waals surface area contributed by atoms with Crippen molar-refractivity contribution in [3.63, 3.8) is 0 Å². The van der Waals surface area contributed by atoms with E-state index in [0.717, 1.165) is 11.4 Å². The van der Waals surface area contributed by atoms with E-state index in [1.165, 1.54) is 0 Å².